The van der Waals surface area contributed by atoms with Crippen molar-refractivity contribution < 1.29 is 14.6 Å². The Morgan fingerprint density at radius 1 is 1.44 bits per heavy atom. The summed E-state index contributed by atoms with van der Waals surface area (Å²) in [6.07, 6.45) is -0.796. The van der Waals surface area contributed by atoms with Gasteiger partial charge in [-0.3, -0.25) is 4.79 Å². The second kappa shape index (κ2) is 5.51. The molecule has 1 aromatic carbocycles. The van der Waals surface area contributed by atoms with Crippen molar-refractivity contribution >= 4 is 5.91 Å². The third-order valence-electron chi connectivity index (χ3n) is 2.34. The molecule has 0 spiro atoms. The molecule has 2 atom stereocenters. The highest BCUT2D eigenvalue weighted by molar-refractivity contribution is 5.82. The van der Waals surface area contributed by atoms with Gasteiger partial charge in [0.1, 0.15) is 5.75 Å². The quantitative estimate of drug-likeness (QED) is 0.783. The average molecular weight is 223 g/mol. The van der Waals surface area contributed by atoms with Crippen molar-refractivity contribution in [3.8, 4) is 5.75 Å². The largest absolute Gasteiger partial charge is 0.494 e. The summed E-state index contributed by atoms with van der Waals surface area (Å²) in [5, 5.41) is 9.48. The van der Waals surface area contributed by atoms with Crippen molar-refractivity contribution in [3.05, 3.63) is 29.8 Å². The summed E-state index contributed by atoms with van der Waals surface area (Å²) in [6, 6.07) is 7.01. The van der Waals surface area contributed by atoms with Gasteiger partial charge in [-0.1, -0.05) is 12.1 Å². The van der Waals surface area contributed by atoms with E-state index in [0.29, 0.717) is 12.2 Å². The van der Waals surface area contributed by atoms with Crippen molar-refractivity contribution in [1.29, 1.82) is 0 Å². The molecule has 2 unspecified atom stereocenters. The minimum atomic E-state index is -0.796. The molecule has 88 valence electrons. The van der Waals surface area contributed by atoms with Crippen LogP contribution in [0.5, 0.6) is 5.75 Å². The number of aliphatic hydroxyl groups excluding tert-OH is 1. The fourth-order valence-corrected chi connectivity index (χ4v) is 1.62. The van der Waals surface area contributed by atoms with Crippen LogP contribution >= 0.6 is 0 Å². The normalized spacial score (nSPS) is 14.2. The number of amides is 1. The number of ether oxygens (including phenoxy) is 1. The lowest BCUT2D eigenvalue weighted by molar-refractivity contribution is -0.121. The summed E-state index contributed by atoms with van der Waals surface area (Å²) >= 11 is 0. The molecule has 0 bridgehead atoms. The maximum absolute atomic E-state index is 11.2. The van der Waals surface area contributed by atoms with E-state index in [0.717, 1.165) is 5.75 Å². The van der Waals surface area contributed by atoms with Gasteiger partial charge in [-0.25, -0.2) is 0 Å². The minimum absolute atomic E-state index is 0.529. The van der Waals surface area contributed by atoms with Gasteiger partial charge in [0.2, 0.25) is 5.91 Å². The minimum Gasteiger partial charge on any atom is -0.494 e. The van der Waals surface area contributed by atoms with Crippen LogP contribution in [0.15, 0.2) is 24.3 Å². The summed E-state index contributed by atoms with van der Waals surface area (Å²) in [5.74, 6) is -0.463. The van der Waals surface area contributed by atoms with Crippen LogP contribution in [-0.2, 0) is 4.79 Å². The van der Waals surface area contributed by atoms with Crippen molar-refractivity contribution in [1.82, 2.24) is 0 Å². The van der Waals surface area contributed by atoms with E-state index in [1.165, 1.54) is 0 Å². The molecule has 0 heterocycles. The van der Waals surface area contributed by atoms with Gasteiger partial charge in [0.15, 0.2) is 0 Å². The van der Waals surface area contributed by atoms with E-state index in [4.69, 9.17) is 10.5 Å². The molecule has 0 saturated carbocycles. The summed E-state index contributed by atoms with van der Waals surface area (Å²) in [5.41, 5.74) is 5.94. The lowest BCUT2D eigenvalue weighted by atomic mass is 9.94. The molecule has 1 rings (SSSR count). The second-order valence-corrected chi connectivity index (χ2v) is 3.62. The van der Waals surface area contributed by atoms with E-state index in [9.17, 15) is 9.90 Å². The number of benzene rings is 1. The third-order valence-corrected chi connectivity index (χ3v) is 2.34. The Kier molecular flexibility index (Phi) is 4.31. The first-order chi connectivity index (χ1) is 7.56. The summed E-state index contributed by atoms with van der Waals surface area (Å²) in [6.45, 7) is 4.04. The number of aliphatic hydroxyl groups is 1. The van der Waals surface area contributed by atoms with Crippen molar-refractivity contribution in [2.24, 2.45) is 5.73 Å². The molecule has 16 heavy (non-hydrogen) atoms. The zero-order valence-corrected chi connectivity index (χ0v) is 9.51. The Bertz CT molecular complexity index is 346. The van der Waals surface area contributed by atoms with Crippen LogP contribution in [-0.4, -0.2) is 23.7 Å². The Morgan fingerprint density at radius 2 is 2.00 bits per heavy atom. The zero-order valence-electron chi connectivity index (χ0n) is 9.51. The Labute approximate surface area is 95.0 Å². The lowest BCUT2D eigenvalue weighted by Gasteiger charge is -2.17. The predicted molar refractivity (Wildman–Crippen MR) is 61.2 cm³/mol. The van der Waals surface area contributed by atoms with E-state index in [1.54, 1.807) is 31.2 Å². The SMILES string of the molecule is CCOc1ccc(C(C(N)=O)C(C)O)cc1. The Hall–Kier alpha value is -1.55. The van der Waals surface area contributed by atoms with Gasteiger partial charge < -0.3 is 15.6 Å². The molecule has 0 fully saturated rings. The maximum Gasteiger partial charge on any atom is 0.227 e. The van der Waals surface area contributed by atoms with Crippen LogP contribution in [0.2, 0.25) is 0 Å². The van der Waals surface area contributed by atoms with Crippen LogP contribution in [0.25, 0.3) is 0 Å². The van der Waals surface area contributed by atoms with Crippen molar-refractivity contribution in [2.45, 2.75) is 25.9 Å². The highest BCUT2D eigenvalue weighted by Crippen LogP contribution is 2.22. The number of nitrogens with two attached hydrogens (primary N) is 1. The number of carbonyl (C=O) groups is 1. The van der Waals surface area contributed by atoms with Crippen LogP contribution in [0.4, 0.5) is 0 Å². The first-order valence-electron chi connectivity index (χ1n) is 5.26. The fourth-order valence-electron chi connectivity index (χ4n) is 1.62. The number of carbonyl (C=O) groups excluding carboxylic acids is 1. The number of rotatable bonds is 5. The molecular formula is C12H17NO3. The van der Waals surface area contributed by atoms with Crippen LogP contribution in [0.1, 0.15) is 25.3 Å². The first kappa shape index (κ1) is 12.5. The molecule has 4 heteroatoms. The predicted octanol–water partition coefficient (Wildman–Crippen LogP) is 1.03. The smallest absolute Gasteiger partial charge is 0.227 e. The zero-order chi connectivity index (χ0) is 12.1. The topological polar surface area (TPSA) is 72.5 Å². The molecule has 0 aliphatic carbocycles. The van der Waals surface area contributed by atoms with Crippen LogP contribution in [0.3, 0.4) is 0 Å². The monoisotopic (exact) mass is 223 g/mol. The van der Waals surface area contributed by atoms with E-state index in [-0.39, 0.29) is 0 Å². The average Bonchev–Trinajstić information content (AvgIpc) is 2.20. The van der Waals surface area contributed by atoms with Crippen molar-refractivity contribution in [3.63, 3.8) is 0 Å². The number of primary amides is 1. The summed E-state index contributed by atoms with van der Waals surface area (Å²) in [4.78, 5) is 11.2. The van der Waals surface area contributed by atoms with E-state index in [1.807, 2.05) is 6.92 Å². The third kappa shape index (κ3) is 2.97. The molecule has 1 amide bonds. The molecule has 0 radical (unpaired) electrons. The first-order valence-corrected chi connectivity index (χ1v) is 5.26. The fraction of sp³-hybridized carbons (Fsp3) is 0.417. The van der Waals surface area contributed by atoms with Gasteiger partial charge in [-0.15, -0.1) is 0 Å². The molecule has 4 nitrogen and oxygen atoms in total. The molecule has 3 N–H and O–H groups in total. The van der Waals surface area contributed by atoms with Gasteiger partial charge in [0.05, 0.1) is 18.6 Å². The molecule has 0 aromatic heterocycles. The van der Waals surface area contributed by atoms with Gasteiger partial charge in [-0.05, 0) is 31.5 Å². The number of hydrogen-bond acceptors (Lipinski definition) is 3. The van der Waals surface area contributed by atoms with Crippen LogP contribution < -0.4 is 10.5 Å². The lowest BCUT2D eigenvalue weighted by Crippen LogP contribution is -2.29. The Balaban J connectivity index is 2.90. The molecule has 0 saturated heterocycles. The van der Waals surface area contributed by atoms with Gasteiger partial charge in [0, 0.05) is 0 Å². The summed E-state index contributed by atoms with van der Waals surface area (Å²) < 4.78 is 5.28. The highest BCUT2D eigenvalue weighted by Gasteiger charge is 2.22. The highest BCUT2D eigenvalue weighted by atomic mass is 16.5. The van der Waals surface area contributed by atoms with E-state index in [2.05, 4.69) is 0 Å². The molecule has 1 aromatic rings. The molecule has 0 aliphatic heterocycles. The van der Waals surface area contributed by atoms with Crippen molar-refractivity contribution in [2.75, 3.05) is 6.61 Å². The van der Waals surface area contributed by atoms with Gasteiger partial charge in [0.25, 0.3) is 0 Å². The molecular weight excluding hydrogens is 206 g/mol. The van der Waals surface area contributed by atoms with Crippen LogP contribution in [0, 0.1) is 0 Å². The standard InChI is InChI=1S/C12H17NO3/c1-3-16-10-6-4-9(5-7-10)11(8(2)14)12(13)15/h4-8,11,14H,3H2,1-2H3,(H2,13,15). The van der Waals surface area contributed by atoms with Gasteiger partial charge >= 0.3 is 0 Å². The van der Waals surface area contributed by atoms with E-state index < -0.39 is 17.9 Å². The second-order valence-electron chi connectivity index (χ2n) is 3.62. The van der Waals surface area contributed by atoms with E-state index >= 15 is 0 Å². The summed E-state index contributed by atoms with van der Waals surface area (Å²) in [7, 11) is 0. The van der Waals surface area contributed by atoms with Gasteiger partial charge in [-0.2, -0.15) is 0 Å². The molecule has 0 aliphatic rings. The number of hydrogen-bond donors (Lipinski definition) is 2. The maximum atomic E-state index is 11.2. The Morgan fingerprint density at radius 3 is 2.38 bits per heavy atom.